The predicted molar refractivity (Wildman–Crippen MR) is 59.9 cm³/mol. The van der Waals surface area contributed by atoms with Crippen molar-refractivity contribution in [2.45, 2.75) is 13.5 Å². The standard InChI is InChI=1S/C12H13NO4/c1-9(14)12(16)13-7-11(15)17-8-10-5-3-2-4-6-10/h2-6H,7-8H2,1H3,(H,13,16). The third-order valence-electron chi connectivity index (χ3n) is 1.96. The number of esters is 1. The summed E-state index contributed by atoms with van der Waals surface area (Å²) in [5.41, 5.74) is 0.860. The number of benzene rings is 1. The summed E-state index contributed by atoms with van der Waals surface area (Å²) in [6.45, 7) is 0.978. The van der Waals surface area contributed by atoms with Crippen molar-refractivity contribution >= 4 is 17.7 Å². The Hall–Kier alpha value is -2.17. The second-order valence-corrected chi connectivity index (χ2v) is 3.39. The molecular formula is C12H13NO4. The molecule has 0 aliphatic heterocycles. The normalized spacial score (nSPS) is 9.47. The maximum atomic E-state index is 11.2. The number of carbonyl (C=O) groups is 3. The average molecular weight is 235 g/mol. The summed E-state index contributed by atoms with van der Waals surface area (Å²) in [6.07, 6.45) is 0. The molecule has 17 heavy (non-hydrogen) atoms. The van der Waals surface area contributed by atoms with Crippen molar-refractivity contribution in [3.8, 4) is 0 Å². The van der Waals surface area contributed by atoms with E-state index in [0.717, 1.165) is 12.5 Å². The van der Waals surface area contributed by atoms with Crippen LogP contribution in [0.25, 0.3) is 0 Å². The van der Waals surface area contributed by atoms with E-state index in [1.54, 1.807) is 0 Å². The van der Waals surface area contributed by atoms with Gasteiger partial charge in [0.15, 0.2) is 0 Å². The Morgan fingerprint density at radius 3 is 2.41 bits per heavy atom. The van der Waals surface area contributed by atoms with Gasteiger partial charge in [0.25, 0.3) is 5.91 Å². The number of nitrogens with one attached hydrogen (secondary N) is 1. The number of ether oxygens (including phenoxy) is 1. The number of amides is 1. The van der Waals surface area contributed by atoms with E-state index in [4.69, 9.17) is 4.74 Å². The first-order chi connectivity index (χ1) is 8.09. The van der Waals surface area contributed by atoms with Gasteiger partial charge in [-0.05, 0) is 5.56 Å². The maximum Gasteiger partial charge on any atom is 0.325 e. The average Bonchev–Trinajstić information content (AvgIpc) is 2.34. The van der Waals surface area contributed by atoms with Crippen LogP contribution in [0.1, 0.15) is 12.5 Å². The Bertz CT molecular complexity index is 414. The van der Waals surface area contributed by atoms with Crippen LogP contribution in [-0.4, -0.2) is 24.2 Å². The molecule has 0 unspecified atom stereocenters. The second kappa shape index (κ2) is 6.42. The zero-order chi connectivity index (χ0) is 12.7. The Morgan fingerprint density at radius 2 is 1.82 bits per heavy atom. The summed E-state index contributed by atoms with van der Waals surface area (Å²) in [5, 5.41) is 2.16. The predicted octanol–water partition coefficient (Wildman–Crippen LogP) is 0.435. The van der Waals surface area contributed by atoms with Gasteiger partial charge in [-0.15, -0.1) is 0 Å². The van der Waals surface area contributed by atoms with Crippen molar-refractivity contribution < 1.29 is 19.1 Å². The van der Waals surface area contributed by atoms with Crippen molar-refractivity contribution in [2.24, 2.45) is 0 Å². The molecule has 0 bridgehead atoms. The van der Waals surface area contributed by atoms with Crippen LogP contribution in [-0.2, 0) is 25.7 Å². The highest BCUT2D eigenvalue weighted by molar-refractivity contribution is 6.35. The lowest BCUT2D eigenvalue weighted by atomic mass is 10.2. The summed E-state index contributed by atoms with van der Waals surface area (Å²) < 4.78 is 4.89. The largest absolute Gasteiger partial charge is 0.460 e. The van der Waals surface area contributed by atoms with Gasteiger partial charge in [0.05, 0.1) is 0 Å². The number of hydrogen-bond donors (Lipinski definition) is 1. The van der Waals surface area contributed by atoms with Crippen LogP contribution < -0.4 is 5.32 Å². The third-order valence-corrected chi connectivity index (χ3v) is 1.96. The summed E-state index contributed by atoms with van der Waals surface area (Å²) in [5.74, 6) is -2.01. The minimum absolute atomic E-state index is 0.148. The van der Waals surface area contributed by atoms with Crippen LogP contribution in [0.5, 0.6) is 0 Å². The van der Waals surface area contributed by atoms with Crippen LogP contribution >= 0.6 is 0 Å². The Labute approximate surface area is 98.8 Å². The Balaban J connectivity index is 2.27. The van der Waals surface area contributed by atoms with E-state index in [9.17, 15) is 14.4 Å². The van der Waals surface area contributed by atoms with E-state index in [1.807, 2.05) is 30.3 Å². The Morgan fingerprint density at radius 1 is 1.18 bits per heavy atom. The zero-order valence-corrected chi connectivity index (χ0v) is 9.43. The molecule has 0 saturated heterocycles. The quantitative estimate of drug-likeness (QED) is 0.593. The molecule has 0 aromatic heterocycles. The Kier molecular flexibility index (Phi) is 4.87. The molecule has 0 aliphatic carbocycles. The number of hydrogen-bond acceptors (Lipinski definition) is 4. The molecule has 0 heterocycles. The molecule has 1 amide bonds. The number of carbonyl (C=O) groups excluding carboxylic acids is 3. The highest BCUT2D eigenvalue weighted by Crippen LogP contribution is 2.00. The van der Waals surface area contributed by atoms with E-state index >= 15 is 0 Å². The lowest BCUT2D eigenvalue weighted by molar-refractivity contribution is -0.145. The first-order valence-electron chi connectivity index (χ1n) is 5.08. The minimum Gasteiger partial charge on any atom is -0.460 e. The van der Waals surface area contributed by atoms with Crippen LogP contribution in [0.15, 0.2) is 30.3 Å². The smallest absolute Gasteiger partial charge is 0.325 e. The molecule has 1 aromatic rings. The lowest BCUT2D eigenvalue weighted by Crippen LogP contribution is -2.34. The van der Waals surface area contributed by atoms with Gasteiger partial charge in [-0.2, -0.15) is 0 Å². The molecule has 0 saturated carbocycles. The number of Topliss-reactive ketones (excluding diaryl/α,β-unsaturated/α-hetero) is 1. The van der Waals surface area contributed by atoms with E-state index < -0.39 is 17.7 Å². The first kappa shape index (κ1) is 12.9. The maximum absolute atomic E-state index is 11.2. The van der Waals surface area contributed by atoms with Crippen molar-refractivity contribution in [1.29, 1.82) is 0 Å². The van der Waals surface area contributed by atoms with Crippen molar-refractivity contribution in [3.05, 3.63) is 35.9 Å². The van der Waals surface area contributed by atoms with Gasteiger partial charge in [-0.25, -0.2) is 0 Å². The molecule has 0 fully saturated rings. The summed E-state index contributed by atoms with van der Waals surface area (Å²) in [7, 11) is 0. The number of ketones is 1. The first-order valence-corrected chi connectivity index (χ1v) is 5.08. The fourth-order valence-corrected chi connectivity index (χ4v) is 1.07. The minimum atomic E-state index is -0.790. The molecular weight excluding hydrogens is 222 g/mol. The van der Waals surface area contributed by atoms with E-state index in [2.05, 4.69) is 5.32 Å². The number of rotatable bonds is 5. The van der Waals surface area contributed by atoms with Crippen LogP contribution in [0, 0.1) is 0 Å². The van der Waals surface area contributed by atoms with Gasteiger partial charge in [0.2, 0.25) is 5.78 Å². The molecule has 0 atom stereocenters. The summed E-state index contributed by atoms with van der Waals surface area (Å²) >= 11 is 0. The third kappa shape index (κ3) is 4.92. The topological polar surface area (TPSA) is 72.5 Å². The second-order valence-electron chi connectivity index (χ2n) is 3.39. The van der Waals surface area contributed by atoms with Crippen LogP contribution in [0.2, 0.25) is 0 Å². The molecule has 1 aromatic carbocycles. The van der Waals surface area contributed by atoms with Crippen molar-refractivity contribution in [1.82, 2.24) is 5.32 Å². The molecule has 5 nitrogen and oxygen atoms in total. The molecule has 5 heteroatoms. The molecule has 0 spiro atoms. The van der Waals surface area contributed by atoms with Gasteiger partial charge in [-0.3, -0.25) is 14.4 Å². The summed E-state index contributed by atoms with van der Waals surface area (Å²) in [4.78, 5) is 32.6. The fraction of sp³-hybridized carbons (Fsp3) is 0.250. The molecule has 90 valence electrons. The van der Waals surface area contributed by atoms with Crippen LogP contribution in [0.4, 0.5) is 0 Å². The van der Waals surface area contributed by atoms with Gasteiger partial charge < -0.3 is 10.1 Å². The van der Waals surface area contributed by atoms with Crippen molar-refractivity contribution in [2.75, 3.05) is 6.54 Å². The van der Waals surface area contributed by atoms with Crippen molar-refractivity contribution in [3.63, 3.8) is 0 Å². The summed E-state index contributed by atoms with van der Waals surface area (Å²) in [6, 6.07) is 9.17. The van der Waals surface area contributed by atoms with Gasteiger partial charge in [0, 0.05) is 6.92 Å². The monoisotopic (exact) mass is 235 g/mol. The van der Waals surface area contributed by atoms with Crippen LogP contribution in [0.3, 0.4) is 0 Å². The molecule has 1 rings (SSSR count). The molecule has 0 radical (unpaired) electrons. The lowest BCUT2D eigenvalue weighted by Gasteiger charge is -2.05. The van der Waals surface area contributed by atoms with E-state index in [1.165, 1.54) is 0 Å². The fourth-order valence-electron chi connectivity index (χ4n) is 1.07. The molecule has 0 aliphatic rings. The van der Waals surface area contributed by atoms with E-state index in [0.29, 0.717) is 0 Å². The van der Waals surface area contributed by atoms with E-state index in [-0.39, 0.29) is 13.2 Å². The highest BCUT2D eigenvalue weighted by Gasteiger charge is 2.09. The van der Waals surface area contributed by atoms with Gasteiger partial charge in [-0.1, -0.05) is 30.3 Å². The molecule has 1 N–H and O–H groups in total. The highest BCUT2D eigenvalue weighted by atomic mass is 16.5. The van der Waals surface area contributed by atoms with Gasteiger partial charge in [0.1, 0.15) is 13.2 Å². The SMILES string of the molecule is CC(=O)C(=O)NCC(=O)OCc1ccccc1. The zero-order valence-electron chi connectivity index (χ0n) is 9.43. The van der Waals surface area contributed by atoms with Gasteiger partial charge >= 0.3 is 5.97 Å².